The van der Waals surface area contributed by atoms with Gasteiger partial charge in [0.15, 0.2) is 0 Å². The van der Waals surface area contributed by atoms with E-state index in [0.717, 1.165) is 5.69 Å². The van der Waals surface area contributed by atoms with E-state index in [1.54, 1.807) is 24.4 Å². The molecule has 6 heteroatoms. The number of rotatable bonds is 4. The molecule has 19 heavy (non-hydrogen) atoms. The Morgan fingerprint density at radius 1 is 1.05 bits per heavy atom. The first-order valence-corrected chi connectivity index (χ1v) is 7.38. The third-order valence-electron chi connectivity index (χ3n) is 2.67. The fourth-order valence-electron chi connectivity index (χ4n) is 1.74. The van der Waals surface area contributed by atoms with Crippen LogP contribution in [0.2, 0.25) is 0 Å². The highest BCUT2D eigenvalue weighted by molar-refractivity contribution is 9.12. The van der Waals surface area contributed by atoms with Gasteiger partial charge in [-0.1, -0.05) is 56.1 Å². The zero-order chi connectivity index (χ0) is 13.8. The molecule has 2 atom stereocenters. The summed E-state index contributed by atoms with van der Waals surface area (Å²) >= 11 is 7.10. The number of pyridine rings is 1. The van der Waals surface area contributed by atoms with Gasteiger partial charge in [-0.05, 0) is 23.8 Å². The Morgan fingerprint density at radius 2 is 1.74 bits per heavy atom. The summed E-state index contributed by atoms with van der Waals surface area (Å²) < 4.78 is 0. The van der Waals surface area contributed by atoms with Crippen molar-refractivity contribution in [3.05, 3.63) is 65.1 Å². The Kier molecular flexibility index (Phi) is 4.93. The first-order chi connectivity index (χ1) is 9.11. The van der Waals surface area contributed by atoms with Crippen LogP contribution in [0.1, 0.15) is 20.9 Å². The molecule has 100 valence electrons. The molecule has 0 amide bonds. The van der Waals surface area contributed by atoms with E-state index in [9.17, 15) is 5.21 Å². The first-order valence-electron chi connectivity index (χ1n) is 5.55. The number of alkyl halides is 2. The van der Waals surface area contributed by atoms with Crippen LogP contribution >= 0.6 is 31.9 Å². The van der Waals surface area contributed by atoms with E-state index in [-0.39, 0.29) is 20.6 Å². The molecule has 2 rings (SSSR count). The zero-order valence-electron chi connectivity index (χ0n) is 9.78. The van der Waals surface area contributed by atoms with Crippen LogP contribution in [0.4, 0.5) is 5.69 Å². The number of aromatic nitrogens is 1. The van der Waals surface area contributed by atoms with Crippen molar-refractivity contribution in [2.45, 2.75) is 9.65 Å². The zero-order valence-corrected chi connectivity index (χ0v) is 13.0. The fraction of sp³-hybridized carbons (Fsp3) is 0.154. The van der Waals surface area contributed by atoms with Gasteiger partial charge in [-0.15, -0.1) is 0 Å². The third kappa shape index (κ3) is 3.33. The summed E-state index contributed by atoms with van der Waals surface area (Å²) in [6, 6.07) is 12.5. The summed E-state index contributed by atoms with van der Waals surface area (Å²) in [6.07, 6.45) is 1.71. The number of benzene rings is 1. The molecule has 1 aromatic heterocycles. The molecule has 1 aromatic carbocycles. The fourth-order valence-corrected chi connectivity index (χ4v) is 2.96. The molecule has 0 fully saturated rings. The molecular weight excluding hydrogens is 376 g/mol. The minimum atomic E-state index is -0.192. The van der Waals surface area contributed by atoms with Crippen LogP contribution in [0, 0.1) is 5.21 Å². The number of halogens is 2. The van der Waals surface area contributed by atoms with Crippen LogP contribution in [-0.4, -0.2) is 10.2 Å². The van der Waals surface area contributed by atoms with Crippen LogP contribution in [0.3, 0.4) is 0 Å². The van der Waals surface area contributed by atoms with Crippen molar-refractivity contribution in [1.29, 1.82) is 0 Å². The van der Waals surface area contributed by atoms with E-state index in [1.165, 1.54) is 0 Å². The normalized spacial score (nSPS) is 13.9. The average Bonchev–Trinajstić information content (AvgIpc) is 2.46. The van der Waals surface area contributed by atoms with Crippen molar-refractivity contribution < 1.29 is 5.21 Å². The molecule has 0 aliphatic heterocycles. The predicted octanol–water partition coefficient (Wildman–Crippen LogP) is 4.35. The second-order valence-electron chi connectivity index (χ2n) is 3.89. The number of hydrogen-bond acceptors (Lipinski definition) is 4. The minimum Gasteiger partial charge on any atom is -0.733 e. The van der Waals surface area contributed by atoms with E-state index >= 15 is 0 Å². The molecule has 0 saturated carbocycles. The SMILES string of the molecule is [O-]N(O)c1ccccc1[C@@H](Br)[C@H](Br)c1ccccn1. The maximum absolute atomic E-state index is 11.2. The van der Waals surface area contributed by atoms with Crippen LogP contribution in [0.15, 0.2) is 48.7 Å². The van der Waals surface area contributed by atoms with Gasteiger partial charge in [0.1, 0.15) is 0 Å². The number of para-hydroxylation sites is 1. The van der Waals surface area contributed by atoms with Crippen LogP contribution in [0.25, 0.3) is 0 Å². The number of nitrogens with zero attached hydrogens (tertiary/aromatic N) is 2. The van der Waals surface area contributed by atoms with Crippen LogP contribution < -0.4 is 5.23 Å². The number of hydrogen-bond donors (Lipinski definition) is 1. The Balaban J connectivity index is 2.32. The molecule has 0 spiro atoms. The van der Waals surface area contributed by atoms with E-state index in [0.29, 0.717) is 5.56 Å². The van der Waals surface area contributed by atoms with Gasteiger partial charge < -0.3 is 10.4 Å². The van der Waals surface area contributed by atoms with Crippen molar-refractivity contribution in [3.8, 4) is 0 Å². The quantitative estimate of drug-likeness (QED) is 0.626. The second kappa shape index (κ2) is 6.47. The van der Waals surface area contributed by atoms with Gasteiger partial charge in [0.05, 0.1) is 21.0 Å². The van der Waals surface area contributed by atoms with Gasteiger partial charge in [-0.25, -0.2) is 0 Å². The Morgan fingerprint density at radius 3 is 2.37 bits per heavy atom. The molecule has 0 saturated heterocycles. The summed E-state index contributed by atoms with van der Waals surface area (Å²) in [5, 5.41) is 20.2. The van der Waals surface area contributed by atoms with Crippen LogP contribution in [-0.2, 0) is 0 Å². The topological polar surface area (TPSA) is 59.4 Å². The first kappa shape index (κ1) is 14.5. The van der Waals surface area contributed by atoms with Crippen molar-refractivity contribution in [2.75, 3.05) is 5.23 Å². The summed E-state index contributed by atoms with van der Waals surface area (Å²) in [4.78, 5) is 3.96. The van der Waals surface area contributed by atoms with Crippen LogP contribution in [0.5, 0.6) is 0 Å². The third-order valence-corrected chi connectivity index (χ3v) is 5.40. The summed E-state index contributed by atoms with van der Waals surface area (Å²) in [6.45, 7) is 0. The van der Waals surface area contributed by atoms with Gasteiger partial charge in [0.2, 0.25) is 0 Å². The lowest BCUT2D eigenvalue weighted by Gasteiger charge is -2.27. The molecule has 0 aliphatic rings. The Hall–Kier alpha value is -0.950. The Labute approximate surface area is 127 Å². The van der Waals surface area contributed by atoms with E-state index in [2.05, 4.69) is 36.8 Å². The molecule has 4 nitrogen and oxygen atoms in total. The monoisotopic (exact) mass is 385 g/mol. The highest BCUT2D eigenvalue weighted by atomic mass is 79.9. The van der Waals surface area contributed by atoms with Crippen molar-refractivity contribution in [1.82, 2.24) is 4.98 Å². The van der Waals surface area contributed by atoms with Crippen molar-refractivity contribution >= 4 is 37.5 Å². The smallest absolute Gasteiger partial charge is 0.0734 e. The Bertz CT molecular complexity index is 537. The highest BCUT2D eigenvalue weighted by Crippen LogP contribution is 2.44. The number of anilines is 1. The molecule has 2 aromatic rings. The molecular formula is C13H11Br2N2O2-. The van der Waals surface area contributed by atoms with Gasteiger partial charge in [-0.3, -0.25) is 10.2 Å². The van der Waals surface area contributed by atoms with Crippen molar-refractivity contribution in [3.63, 3.8) is 0 Å². The second-order valence-corrected chi connectivity index (χ2v) is 5.86. The molecule has 0 unspecified atom stereocenters. The predicted molar refractivity (Wildman–Crippen MR) is 81.6 cm³/mol. The lowest BCUT2D eigenvalue weighted by molar-refractivity contribution is 0.295. The molecule has 1 N–H and O–H groups in total. The molecule has 0 aliphatic carbocycles. The standard InChI is InChI=1S/C13H11Br2N2O2/c14-12(13(15)10-6-3-4-8-16-10)9-5-1-2-7-11(9)17(18)19/h1-8,12-13,18H/q-1/t12-,13-/m1/s1. The van der Waals surface area contributed by atoms with E-state index in [1.807, 2.05) is 24.3 Å². The average molecular weight is 387 g/mol. The lowest BCUT2D eigenvalue weighted by atomic mass is 10.1. The minimum absolute atomic E-state index is 0.116. The van der Waals surface area contributed by atoms with E-state index in [4.69, 9.17) is 5.21 Å². The maximum Gasteiger partial charge on any atom is 0.0734 e. The maximum atomic E-state index is 11.2. The van der Waals surface area contributed by atoms with Gasteiger partial charge in [0, 0.05) is 6.20 Å². The largest absolute Gasteiger partial charge is 0.733 e. The highest BCUT2D eigenvalue weighted by Gasteiger charge is 2.23. The van der Waals surface area contributed by atoms with Gasteiger partial charge in [0.25, 0.3) is 0 Å². The lowest BCUT2D eigenvalue weighted by Crippen LogP contribution is -2.12. The van der Waals surface area contributed by atoms with E-state index < -0.39 is 0 Å². The van der Waals surface area contributed by atoms with Gasteiger partial charge >= 0.3 is 0 Å². The summed E-state index contributed by atoms with van der Waals surface area (Å²) in [5.41, 5.74) is 1.74. The molecule has 0 radical (unpaired) electrons. The van der Waals surface area contributed by atoms with Gasteiger partial charge in [-0.2, -0.15) is 0 Å². The molecule has 0 bridgehead atoms. The summed E-state index contributed by atoms with van der Waals surface area (Å²) in [5.74, 6) is 0. The summed E-state index contributed by atoms with van der Waals surface area (Å²) in [7, 11) is 0. The van der Waals surface area contributed by atoms with Crippen molar-refractivity contribution in [2.24, 2.45) is 0 Å². The molecule has 1 heterocycles.